The molecule has 1 fully saturated rings. The van der Waals surface area contributed by atoms with Gasteiger partial charge in [0.15, 0.2) is 0 Å². The third-order valence-electron chi connectivity index (χ3n) is 1.76. The lowest BCUT2D eigenvalue weighted by Crippen LogP contribution is -2.22. The minimum Gasteiger partial charge on any atom is -0.288 e. The number of rotatable bonds is 1. The maximum Gasteiger partial charge on any atom is 0.0987 e. The van der Waals surface area contributed by atoms with Gasteiger partial charge < -0.3 is 0 Å². The van der Waals surface area contributed by atoms with E-state index in [4.69, 9.17) is 11.6 Å². The molecule has 0 radical (unpaired) electrons. The van der Waals surface area contributed by atoms with Gasteiger partial charge in [-0.25, -0.2) is 0 Å². The van der Waals surface area contributed by atoms with Crippen molar-refractivity contribution in [2.45, 2.75) is 12.4 Å². The first-order chi connectivity index (χ1) is 4.24. The number of likely N-dealkylation sites (N-methyl/N-ethyl adjacent to an activating group) is 2. The highest BCUT2D eigenvalue weighted by Crippen LogP contribution is 2.12. The molecule has 0 N–H and O–H groups in total. The van der Waals surface area contributed by atoms with E-state index in [-0.39, 0.29) is 5.50 Å². The molecule has 0 saturated carbocycles. The number of hydrogen-bond acceptors (Lipinski definition) is 2. The zero-order valence-corrected chi connectivity index (χ0v) is 6.73. The quantitative estimate of drug-likeness (QED) is 0.401. The van der Waals surface area contributed by atoms with Crippen LogP contribution in [0.1, 0.15) is 6.92 Å². The fourth-order valence-electron chi connectivity index (χ4n) is 1.04. The molecule has 54 valence electrons. The summed E-state index contributed by atoms with van der Waals surface area (Å²) < 4.78 is 0. The Bertz CT molecular complexity index is 87.1. The molecule has 0 aromatic rings. The molecule has 1 heterocycles. The Balaban J connectivity index is 2.35. The van der Waals surface area contributed by atoms with E-state index in [9.17, 15) is 0 Å². The summed E-state index contributed by atoms with van der Waals surface area (Å²) in [7, 11) is 2.05. The molecule has 0 bridgehead atoms. The van der Waals surface area contributed by atoms with E-state index in [1.165, 1.54) is 0 Å². The van der Waals surface area contributed by atoms with Gasteiger partial charge >= 0.3 is 0 Å². The van der Waals surface area contributed by atoms with Crippen LogP contribution >= 0.6 is 11.6 Å². The maximum atomic E-state index is 5.92. The third kappa shape index (κ3) is 1.57. The largest absolute Gasteiger partial charge is 0.288 e. The highest BCUT2D eigenvalue weighted by Gasteiger charge is 2.23. The predicted molar refractivity (Wildman–Crippen MR) is 39.5 cm³/mol. The Morgan fingerprint density at radius 2 is 2.33 bits per heavy atom. The molecule has 2 nitrogen and oxygen atoms in total. The van der Waals surface area contributed by atoms with E-state index in [0.29, 0.717) is 0 Å². The highest BCUT2D eigenvalue weighted by atomic mass is 35.5. The van der Waals surface area contributed by atoms with Crippen LogP contribution in [0.3, 0.4) is 0 Å². The number of halogens is 1. The summed E-state index contributed by atoms with van der Waals surface area (Å²) in [6.07, 6.45) is 0. The van der Waals surface area contributed by atoms with Gasteiger partial charge in [-0.05, 0) is 13.6 Å². The highest BCUT2D eigenvalue weighted by molar-refractivity contribution is 6.20. The fraction of sp³-hybridized carbons (Fsp3) is 1.00. The second kappa shape index (κ2) is 2.86. The minimum atomic E-state index is 0.227. The normalized spacial score (nSPS) is 31.7. The van der Waals surface area contributed by atoms with Crippen molar-refractivity contribution < 1.29 is 0 Å². The predicted octanol–water partition coefficient (Wildman–Crippen LogP) is 0.776. The minimum absolute atomic E-state index is 0.227. The van der Waals surface area contributed by atoms with Gasteiger partial charge in [0.2, 0.25) is 0 Å². The Morgan fingerprint density at radius 1 is 1.67 bits per heavy atom. The van der Waals surface area contributed by atoms with Crippen molar-refractivity contribution in [2.24, 2.45) is 0 Å². The summed E-state index contributed by atoms with van der Waals surface area (Å²) in [4.78, 5) is 4.46. The fourth-order valence-corrected chi connectivity index (χ4v) is 1.30. The summed E-state index contributed by atoms with van der Waals surface area (Å²) in [5, 5.41) is 0. The van der Waals surface area contributed by atoms with Crippen molar-refractivity contribution in [3.8, 4) is 0 Å². The average Bonchev–Trinajstić information content (AvgIpc) is 2.13. The number of hydrogen-bond donors (Lipinski definition) is 0. The van der Waals surface area contributed by atoms with E-state index >= 15 is 0 Å². The van der Waals surface area contributed by atoms with Gasteiger partial charge in [0, 0.05) is 6.54 Å². The van der Waals surface area contributed by atoms with Gasteiger partial charge in [-0.2, -0.15) is 0 Å². The molecule has 1 aliphatic heterocycles. The Kier molecular flexibility index (Phi) is 2.33. The molecule has 9 heavy (non-hydrogen) atoms. The number of alkyl halides is 1. The van der Waals surface area contributed by atoms with E-state index < -0.39 is 0 Å². The van der Waals surface area contributed by atoms with E-state index in [0.717, 1.165) is 19.8 Å². The number of nitrogens with zero attached hydrogens (tertiary/aromatic N) is 2. The maximum absolute atomic E-state index is 5.92. The summed E-state index contributed by atoms with van der Waals surface area (Å²) in [5.41, 5.74) is 0.227. The first-order valence-electron chi connectivity index (χ1n) is 3.30. The van der Waals surface area contributed by atoms with Gasteiger partial charge in [-0.1, -0.05) is 6.92 Å². The Morgan fingerprint density at radius 3 is 2.56 bits per heavy atom. The van der Waals surface area contributed by atoms with Crippen LogP contribution < -0.4 is 0 Å². The lowest BCUT2D eigenvalue weighted by atomic mass is 10.6. The molecular weight excluding hydrogens is 136 g/mol. The van der Waals surface area contributed by atoms with Crippen LogP contribution in [0, 0.1) is 0 Å². The van der Waals surface area contributed by atoms with Crippen LogP contribution in [0.25, 0.3) is 0 Å². The third-order valence-corrected chi connectivity index (χ3v) is 2.23. The van der Waals surface area contributed by atoms with Crippen molar-refractivity contribution in [3.05, 3.63) is 0 Å². The molecule has 0 aromatic heterocycles. The van der Waals surface area contributed by atoms with Crippen LogP contribution in [0.15, 0.2) is 0 Å². The molecule has 3 heteroatoms. The summed E-state index contributed by atoms with van der Waals surface area (Å²) in [6.45, 7) is 5.29. The molecule has 1 saturated heterocycles. The lowest BCUT2D eigenvalue weighted by molar-refractivity contribution is 0.282. The van der Waals surface area contributed by atoms with Crippen molar-refractivity contribution in [3.63, 3.8) is 0 Å². The van der Waals surface area contributed by atoms with Crippen molar-refractivity contribution >= 4 is 11.6 Å². The standard InChI is InChI=1S/C6H13ClN2/c1-3-9-4-6(7)8(2)5-9/h6H,3-5H2,1-2H3. The second-order valence-corrected chi connectivity index (χ2v) is 3.01. The lowest BCUT2D eigenvalue weighted by Gasteiger charge is -2.10. The summed E-state index contributed by atoms with van der Waals surface area (Å²) in [5.74, 6) is 0. The molecule has 0 spiro atoms. The van der Waals surface area contributed by atoms with E-state index in [2.05, 4.69) is 16.7 Å². The molecule has 1 rings (SSSR count). The first kappa shape index (κ1) is 7.32. The van der Waals surface area contributed by atoms with Gasteiger partial charge in [-0.15, -0.1) is 11.6 Å². The summed E-state index contributed by atoms with van der Waals surface area (Å²) in [6, 6.07) is 0. The van der Waals surface area contributed by atoms with Gasteiger partial charge in [0.1, 0.15) is 0 Å². The molecular formula is C6H13ClN2. The van der Waals surface area contributed by atoms with Gasteiger partial charge in [0.05, 0.1) is 12.2 Å². The SMILES string of the molecule is CCN1CC(Cl)N(C)C1. The van der Waals surface area contributed by atoms with Crippen molar-refractivity contribution in [1.82, 2.24) is 9.80 Å². The monoisotopic (exact) mass is 148 g/mol. The molecule has 1 aliphatic rings. The van der Waals surface area contributed by atoms with E-state index in [1.54, 1.807) is 0 Å². The molecule has 0 aromatic carbocycles. The zero-order valence-electron chi connectivity index (χ0n) is 5.97. The van der Waals surface area contributed by atoms with Crippen LogP contribution in [0.5, 0.6) is 0 Å². The van der Waals surface area contributed by atoms with Crippen LogP contribution in [-0.4, -0.2) is 42.1 Å². The second-order valence-electron chi connectivity index (χ2n) is 2.50. The molecule has 0 aliphatic carbocycles. The topological polar surface area (TPSA) is 6.48 Å². The van der Waals surface area contributed by atoms with Crippen molar-refractivity contribution in [2.75, 3.05) is 26.8 Å². The van der Waals surface area contributed by atoms with Crippen molar-refractivity contribution in [1.29, 1.82) is 0 Å². The van der Waals surface area contributed by atoms with Gasteiger partial charge in [-0.3, -0.25) is 9.80 Å². The van der Waals surface area contributed by atoms with Gasteiger partial charge in [0.25, 0.3) is 0 Å². The molecule has 1 atom stereocenters. The van der Waals surface area contributed by atoms with Crippen LogP contribution in [-0.2, 0) is 0 Å². The smallest absolute Gasteiger partial charge is 0.0987 e. The van der Waals surface area contributed by atoms with Crippen LogP contribution in [0.2, 0.25) is 0 Å². The average molecular weight is 149 g/mol. The van der Waals surface area contributed by atoms with E-state index in [1.807, 2.05) is 7.05 Å². The molecule has 1 unspecified atom stereocenters. The first-order valence-corrected chi connectivity index (χ1v) is 3.74. The van der Waals surface area contributed by atoms with Crippen LogP contribution in [0.4, 0.5) is 0 Å². The summed E-state index contributed by atoms with van der Waals surface area (Å²) >= 11 is 5.92. The molecule has 0 amide bonds. The Labute approximate surface area is 61.4 Å². The zero-order chi connectivity index (χ0) is 6.85. The Hall–Kier alpha value is 0.210.